The Morgan fingerprint density at radius 1 is 1.71 bits per heavy atom. The van der Waals surface area contributed by atoms with Gasteiger partial charge in [-0.2, -0.15) is 0 Å². The maximum Gasteiger partial charge on any atom is 0.185 e. The van der Waals surface area contributed by atoms with Crippen molar-refractivity contribution in [3.63, 3.8) is 0 Å². The lowest BCUT2D eigenvalue weighted by atomic mass is 10.2. The number of hydrogen-bond donors (Lipinski definition) is 4. The molecule has 0 heterocycles. The average Bonchev–Trinajstić information content (AvgIpc) is 2.09. The second-order valence-electron chi connectivity index (χ2n) is 2.61. The van der Waals surface area contributed by atoms with Crippen LogP contribution in [0.4, 0.5) is 0 Å². The number of rotatable bonds is 7. The summed E-state index contributed by atoms with van der Waals surface area (Å²) in [5.74, 6) is -0.158. The molecule has 0 fully saturated rings. The summed E-state index contributed by atoms with van der Waals surface area (Å²) in [7, 11) is 0. The van der Waals surface area contributed by atoms with Crippen LogP contribution >= 0.6 is 0 Å². The Hall–Kier alpha value is -1.86. The van der Waals surface area contributed by atoms with Crippen LogP contribution in [0.3, 0.4) is 0 Å². The number of hydrazine groups is 1. The largest absolute Gasteiger partial charge is 0.370 e. The minimum atomic E-state index is -0.793. The molecule has 8 heteroatoms. The molecule has 0 aromatic rings. The van der Waals surface area contributed by atoms with Crippen LogP contribution in [0.2, 0.25) is 0 Å². The number of guanidine groups is 1. The van der Waals surface area contributed by atoms with Gasteiger partial charge in [0.05, 0.1) is 0 Å². The maximum atomic E-state index is 10.3. The molecule has 1 atom stereocenters. The van der Waals surface area contributed by atoms with Crippen molar-refractivity contribution in [2.75, 3.05) is 6.54 Å². The third kappa shape index (κ3) is 6.83. The van der Waals surface area contributed by atoms with E-state index < -0.39 is 11.1 Å². The summed E-state index contributed by atoms with van der Waals surface area (Å²) >= 11 is 0. The number of nitrogens with zero attached hydrogens (tertiary/aromatic N) is 1. The molecule has 0 radical (unpaired) electrons. The van der Waals surface area contributed by atoms with Gasteiger partial charge in [-0.1, -0.05) is 0 Å². The van der Waals surface area contributed by atoms with E-state index in [1.807, 2.05) is 5.43 Å². The SMILES string of the molecule is N=C(N)NCCC[C@@H](C=O)N[N+](=O)[O-]. The lowest BCUT2D eigenvalue weighted by molar-refractivity contribution is -0.548. The zero-order valence-electron chi connectivity index (χ0n) is 7.53. The summed E-state index contributed by atoms with van der Waals surface area (Å²) in [5, 5.41) is 18.6. The first-order chi connectivity index (χ1) is 6.56. The first-order valence-electron chi connectivity index (χ1n) is 4.00. The Labute approximate surface area is 80.5 Å². The van der Waals surface area contributed by atoms with Crippen molar-refractivity contribution in [3.05, 3.63) is 10.1 Å². The number of nitro groups is 1. The van der Waals surface area contributed by atoms with Gasteiger partial charge < -0.3 is 15.8 Å². The summed E-state index contributed by atoms with van der Waals surface area (Å²) in [5.41, 5.74) is 6.86. The van der Waals surface area contributed by atoms with Gasteiger partial charge in [-0.3, -0.25) is 5.41 Å². The van der Waals surface area contributed by atoms with Gasteiger partial charge in [-0.05, 0) is 12.8 Å². The van der Waals surface area contributed by atoms with Gasteiger partial charge in [0.1, 0.15) is 12.3 Å². The van der Waals surface area contributed by atoms with E-state index in [4.69, 9.17) is 11.1 Å². The number of carbonyl (C=O) groups excluding carboxylic acids is 1. The summed E-state index contributed by atoms with van der Waals surface area (Å²) in [6.45, 7) is 0.416. The molecule has 0 aliphatic rings. The van der Waals surface area contributed by atoms with Crippen LogP contribution in [0, 0.1) is 15.5 Å². The zero-order valence-corrected chi connectivity index (χ0v) is 7.53. The van der Waals surface area contributed by atoms with Gasteiger partial charge >= 0.3 is 0 Å². The van der Waals surface area contributed by atoms with E-state index in [-0.39, 0.29) is 5.96 Å². The molecular weight excluding hydrogens is 190 g/mol. The molecule has 0 unspecified atom stereocenters. The second kappa shape index (κ2) is 6.63. The zero-order chi connectivity index (χ0) is 11.0. The van der Waals surface area contributed by atoms with Gasteiger partial charge in [0.2, 0.25) is 0 Å². The number of nitrogens with one attached hydrogen (secondary N) is 3. The summed E-state index contributed by atoms with van der Waals surface area (Å²) in [6.07, 6.45) is 1.32. The minimum absolute atomic E-state index is 0.158. The van der Waals surface area contributed by atoms with Gasteiger partial charge in [0.25, 0.3) is 0 Å². The molecule has 80 valence electrons. The normalized spacial score (nSPS) is 11.4. The first-order valence-corrected chi connectivity index (χ1v) is 4.00. The molecule has 0 spiro atoms. The fourth-order valence-corrected chi connectivity index (χ4v) is 0.843. The van der Waals surface area contributed by atoms with E-state index in [0.29, 0.717) is 25.7 Å². The number of nitrogens with two attached hydrogens (primary N) is 1. The Kier molecular flexibility index (Phi) is 5.75. The van der Waals surface area contributed by atoms with Crippen molar-refractivity contribution < 1.29 is 9.83 Å². The Morgan fingerprint density at radius 2 is 2.36 bits per heavy atom. The predicted molar refractivity (Wildman–Crippen MR) is 49.1 cm³/mol. The summed E-state index contributed by atoms with van der Waals surface area (Å²) in [6, 6.07) is -0.793. The third-order valence-electron chi connectivity index (χ3n) is 1.44. The third-order valence-corrected chi connectivity index (χ3v) is 1.44. The Bertz CT molecular complexity index is 220. The van der Waals surface area contributed by atoms with E-state index in [0.717, 1.165) is 0 Å². The Balaban J connectivity index is 3.57. The highest BCUT2D eigenvalue weighted by atomic mass is 16.7. The van der Waals surface area contributed by atoms with Crippen LogP contribution in [0.1, 0.15) is 12.8 Å². The molecule has 0 bridgehead atoms. The van der Waals surface area contributed by atoms with Gasteiger partial charge in [0.15, 0.2) is 11.0 Å². The van der Waals surface area contributed by atoms with Crippen LogP contribution in [0.25, 0.3) is 0 Å². The van der Waals surface area contributed by atoms with Crippen LogP contribution in [-0.2, 0) is 4.79 Å². The summed E-state index contributed by atoms with van der Waals surface area (Å²) < 4.78 is 0. The Morgan fingerprint density at radius 3 is 2.79 bits per heavy atom. The van der Waals surface area contributed by atoms with Crippen molar-refractivity contribution in [2.45, 2.75) is 18.9 Å². The molecule has 0 aromatic carbocycles. The number of carbonyl (C=O) groups is 1. The van der Waals surface area contributed by atoms with Crippen LogP contribution in [0.5, 0.6) is 0 Å². The van der Waals surface area contributed by atoms with E-state index in [1.54, 1.807) is 0 Å². The van der Waals surface area contributed by atoms with Crippen LogP contribution < -0.4 is 16.5 Å². The van der Waals surface area contributed by atoms with Crippen molar-refractivity contribution in [2.24, 2.45) is 5.73 Å². The summed E-state index contributed by atoms with van der Waals surface area (Å²) in [4.78, 5) is 20.3. The van der Waals surface area contributed by atoms with Gasteiger partial charge in [-0.15, -0.1) is 5.43 Å². The molecule has 0 aliphatic heterocycles. The molecule has 0 rings (SSSR count). The maximum absolute atomic E-state index is 10.3. The molecule has 0 saturated carbocycles. The molecule has 14 heavy (non-hydrogen) atoms. The molecule has 0 aliphatic carbocycles. The number of aldehydes is 1. The number of hydrogen-bond acceptors (Lipinski definition) is 4. The molecule has 0 aromatic heterocycles. The van der Waals surface area contributed by atoms with E-state index in [1.165, 1.54) is 0 Å². The van der Waals surface area contributed by atoms with E-state index in [9.17, 15) is 14.9 Å². The quantitative estimate of drug-likeness (QED) is 0.100. The van der Waals surface area contributed by atoms with Crippen molar-refractivity contribution >= 4 is 12.2 Å². The standard InChI is InChI=1S/C6H13N5O3/c7-6(8)9-3-1-2-5(4-12)10-11(13)14/h4-5,10H,1-3H2,(H4,7,8,9)/t5-/m0/s1. The highest BCUT2D eigenvalue weighted by Crippen LogP contribution is 1.92. The molecule has 5 N–H and O–H groups in total. The lowest BCUT2D eigenvalue weighted by Gasteiger charge is -2.07. The second-order valence-corrected chi connectivity index (χ2v) is 2.61. The van der Waals surface area contributed by atoms with Gasteiger partial charge in [0, 0.05) is 6.54 Å². The average molecular weight is 203 g/mol. The predicted octanol–water partition coefficient (Wildman–Crippen LogP) is -1.40. The molecular formula is C6H13N5O3. The van der Waals surface area contributed by atoms with Crippen molar-refractivity contribution in [1.29, 1.82) is 5.41 Å². The van der Waals surface area contributed by atoms with Crippen molar-refractivity contribution in [3.8, 4) is 0 Å². The van der Waals surface area contributed by atoms with E-state index >= 15 is 0 Å². The smallest absolute Gasteiger partial charge is 0.185 e. The topological polar surface area (TPSA) is 134 Å². The highest BCUT2D eigenvalue weighted by Gasteiger charge is 2.10. The van der Waals surface area contributed by atoms with Crippen LogP contribution in [0.15, 0.2) is 0 Å². The monoisotopic (exact) mass is 203 g/mol. The van der Waals surface area contributed by atoms with Crippen molar-refractivity contribution in [1.82, 2.24) is 10.7 Å². The molecule has 8 nitrogen and oxygen atoms in total. The van der Waals surface area contributed by atoms with Gasteiger partial charge in [-0.25, -0.2) is 10.1 Å². The minimum Gasteiger partial charge on any atom is -0.370 e. The highest BCUT2D eigenvalue weighted by molar-refractivity contribution is 5.74. The molecule has 0 amide bonds. The van der Waals surface area contributed by atoms with E-state index in [2.05, 4.69) is 5.32 Å². The fraction of sp³-hybridized carbons (Fsp3) is 0.667. The lowest BCUT2D eigenvalue weighted by Crippen LogP contribution is -2.36. The molecule has 0 saturated heterocycles. The fourth-order valence-electron chi connectivity index (χ4n) is 0.843. The first kappa shape index (κ1) is 12.1. The van der Waals surface area contributed by atoms with Crippen LogP contribution in [-0.4, -0.2) is 29.9 Å².